The molecule has 19 heavy (non-hydrogen) atoms. The van der Waals surface area contributed by atoms with E-state index in [9.17, 15) is 9.18 Å². The third kappa shape index (κ3) is 2.97. The fraction of sp³-hybridized carbons (Fsp3) is 0. The van der Waals surface area contributed by atoms with Crippen LogP contribution in [-0.2, 0) is 0 Å². The normalized spacial score (nSPS) is 10.3. The molecule has 0 unspecified atom stereocenters. The van der Waals surface area contributed by atoms with E-state index in [4.69, 9.17) is 28.9 Å². The van der Waals surface area contributed by atoms with Crippen molar-refractivity contribution in [2.24, 2.45) is 0 Å². The van der Waals surface area contributed by atoms with E-state index in [1.807, 2.05) is 0 Å². The van der Waals surface area contributed by atoms with Crippen LogP contribution in [0.2, 0.25) is 10.0 Å². The third-order valence-electron chi connectivity index (χ3n) is 2.45. The monoisotopic (exact) mass is 298 g/mol. The molecule has 0 atom stereocenters. The predicted molar refractivity (Wildman–Crippen MR) is 75.2 cm³/mol. The molecule has 1 amide bonds. The first-order valence-electron chi connectivity index (χ1n) is 5.29. The van der Waals surface area contributed by atoms with Crippen LogP contribution < -0.4 is 11.1 Å². The van der Waals surface area contributed by atoms with Crippen LogP contribution in [0.5, 0.6) is 0 Å². The molecule has 6 heteroatoms. The van der Waals surface area contributed by atoms with E-state index in [1.54, 1.807) is 12.1 Å². The molecule has 0 aliphatic carbocycles. The van der Waals surface area contributed by atoms with Gasteiger partial charge < -0.3 is 11.1 Å². The largest absolute Gasteiger partial charge is 0.398 e. The SMILES string of the molecule is Nc1ccc(NC(=O)c2c(F)cccc2Cl)cc1Cl. The van der Waals surface area contributed by atoms with Crippen molar-refractivity contribution in [1.29, 1.82) is 0 Å². The van der Waals surface area contributed by atoms with Crippen molar-refractivity contribution in [2.75, 3.05) is 11.1 Å². The maximum Gasteiger partial charge on any atom is 0.260 e. The van der Waals surface area contributed by atoms with Crippen molar-refractivity contribution in [1.82, 2.24) is 0 Å². The van der Waals surface area contributed by atoms with Gasteiger partial charge in [-0.15, -0.1) is 0 Å². The lowest BCUT2D eigenvalue weighted by Crippen LogP contribution is -2.14. The number of nitrogen functional groups attached to an aromatic ring is 1. The van der Waals surface area contributed by atoms with Gasteiger partial charge >= 0.3 is 0 Å². The second kappa shape index (κ2) is 5.47. The molecular weight excluding hydrogens is 290 g/mol. The maximum atomic E-state index is 13.6. The number of anilines is 2. The number of benzene rings is 2. The molecular formula is C13H9Cl2FN2O. The molecule has 3 N–H and O–H groups in total. The minimum Gasteiger partial charge on any atom is -0.398 e. The van der Waals surface area contributed by atoms with Gasteiger partial charge in [-0.3, -0.25) is 4.79 Å². The Kier molecular flexibility index (Phi) is 3.93. The zero-order chi connectivity index (χ0) is 14.0. The number of hydrogen-bond acceptors (Lipinski definition) is 2. The summed E-state index contributed by atoms with van der Waals surface area (Å²) in [5.74, 6) is -1.34. The predicted octanol–water partition coefficient (Wildman–Crippen LogP) is 3.97. The molecule has 0 radical (unpaired) electrons. The molecule has 98 valence electrons. The fourth-order valence-electron chi connectivity index (χ4n) is 1.51. The summed E-state index contributed by atoms with van der Waals surface area (Å²) in [5, 5.41) is 2.85. The van der Waals surface area contributed by atoms with Gasteiger partial charge in [0.1, 0.15) is 5.82 Å². The fourth-order valence-corrected chi connectivity index (χ4v) is 1.94. The average Bonchev–Trinajstić information content (AvgIpc) is 2.33. The summed E-state index contributed by atoms with van der Waals surface area (Å²) in [6.45, 7) is 0. The Morgan fingerprint density at radius 3 is 2.53 bits per heavy atom. The summed E-state index contributed by atoms with van der Waals surface area (Å²) in [4.78, 5) is 11.9. The van der Waals surface area contributed by atoms with Crippen LogP contribution in [0.3, 0.4) is 0 Å². The molecule has 0 heterocycles. The molecule has 0 saturated carbocycles. The zero-order valence-corrected chi connectivity index (χ0v) is 11.1. The highest BCUT2D eigenvalue weighted by Crippen LogP contribution is 2.24. The van der Waals surface area contributed by atoms with E-state index in [0.717, 1.165) is 6.07 Å². The second-order valence-electron chi connectivity index (χ2n) is 3.79. The number of nitrogens with two attached hydrogens (primary N) is 1. The molecule has 0 fully saturated rings. The molecule has 0 bridgehead atoms. The van der Waals surface area contributed by atoms with Gasteiger partial charge in [-0.1, -0.05) is 29.3 Å². The summed E-state index contributed by atoms with van der Waals surface area (Å²) in [5.41, 5.74) is 6.14. The van der Waals surface area contributed by atoms with Gasteiger partial charge in [-0.25, -0.2) is 4.39 Å². The number of nitrogens with one attached hydrogen (secondary N) is 1. The van der Waals surface area contributed by atoms with Crippen molar-refractivity contribution in [3.05, 3.63) is 57.8 Å². The molecule has 0 aromatic heterocycles. The van der Waals surface area contributed by atoms with Crippen LogP contribution in [0.1, 0.15) is 10.4 Å². The Hall–Kier alpha value is -1.78. The highest BCUT2D eigenvalue weighted by molar-refractivity contribution is 6.35. The molecule has 0 aliphatic rings. The summed E-state index contributed by atoms with van der Waals surface area (Å²) in [7, 11) is 0. The topological polar surface area (TPSA) is 55.1 Å². The summed E-state index contributed by atoms with van der Waals surface area (Å²) in [6, 6.07) is 8.61. The highest BCUT2D eigenvalue weighted by atomic mass is 35.5. The van der Waals surface area contributed by atoms with E-state index < -0.39 is 11.7 Å². The Morgan fingerprint density at radius 2 is 1.89 bits per heavy atom. The Labute approximate surface area is 119 Å². The van der Waals surface area contributed by atoms with Crippen molar-refractivity contribution in [3.8, 4) is 0 Å². The van der Waals surface area contributed by atoms with Crippen LogP contribution in [0, 0.1) is 5.82 Å². The van der Waals surface area contributed by atoms with Crippen molar-refractivity contribution < 1.29 is 9.18 Å². The van der Waals surface area contributed by atoms with E-state index in [1.165, 1.54) is 18.2 Å². The number of rotatable bonds is 2. The Morgan fingerprint density at radius 1 is 1.16 bits per heavy atom. The zero-order valence-electron chi connectivity index (χ0n) is 9.58. The van der Waals surface area contributed by atoms with E-state index in [0.29, 0.717) is 16.4 Å². The molecule has 3 nitrogen and oxygen atoms in total. The summed E-state index contributed by atoms with van der Waals surface area (Å²) >= 11 is 11.6. The maximum absolute atomic E-state index is 13.6. The lowest BCUT2D eigenvalue weighted by molar-refractivity contribution is 0.102. The minimum absolute atomic E-state index is 0.0408. The summed E-state index contributed by atoms with van der Waals surface area (Å²) in [6.07, 6.45) is 0. The molecule has 2 rings (SSSR count). The summed E-state index contributed by atoms with van der Waals surface area (Å²) < 4.78 is 13.6. The molecule has 2 aromatic carbocycles. The van der Waals surface area contributed by atoms with Crippen LogP contribution in [0.15, 0.2) is 36.4 Å². The van der Waals surface area contributed by atoms with Gasteiger partial charge in [0.15, 0.2) is 0 Å². The molecule has 0 spiro atoms. The van der Waals surface area contributed by atoms with Crippen molar-refractivity contribution in [3.63, 3.8) is 0 Å². The number of carbonyl (C=O) groups is 1. The van der Waals surface area contributed by atoms with Crippen LogP contribution in [0.25, 0.3) is 0 Å². The minimum atomic E-state index is -0.688. The lowest BCUT2D eigenvalue weighted by atomic mass is 10.2. The lowest BCUT2D eigenvalue weighted by Gasteiger charge is -2.08. The second-order valence-corrected chi connectivity index (χ2v) is 4.60. The van der Waals surface area contributed by atoms with Crippen LogP contribution in [-0.4, -0.2) is 5.91 Å². The van der Waals surface area contributed by atoms with Crippen molar-refractivity contribution in [2.45, 2.75) is 0 Å². The van der Waals surface area contributed by atoms with Crippen molar-refractivity contribution >= 4 is 40.5 Å². The number of carbonyl (C=O) groups excluding carboxylic acids is 1. The average molecular weight is 299 g/mol. The van der Waals surface area contributed by atoms with Crippen LogP contribution in [0.4, 0.5) is 15.8 Å². The van der Waals surface area contributed by atoms with Gasteiger partial charge in [0.2, 0.25) is 0 Å². The number of hydrogen-bond donors (Lipinski definition) is 2. The number of halogens is 3. The van der Waals surface area contributed by atoms with Gasteiger partial charge in [0.25, 0.3) is 5.91 Å². The van der Waals surface area contributed by atoms with Gasteiger partial charge in [-0.05, 0) is 30.3 Å². The standard InChI is InChI=1S/C13H9Cl2FN2O/c14-8-2-1-3-10(16)12(8)13(19)18-7-4-5-11(17)9(15)6-7/h1-6H,17H2,(H,18,19). The third-order valence-corrected chi connectivity index (χ3v) is 3.09. The first kappa shape index (κ1) is 13.6. The molecule has 0 aliphatic heterocycles. The van der Waals surface area contributed by atoms with E-state index in [-0.39, 0.29) is 10.6 Å². The molecule has 0 saturated heterocycles. The Bertz CT molecular complexity index is 626. The van der Waals surface area contributed by atoms with E-state index in [2.05, 4.69) is 5.32 Å². The van der Waals surface area contributed by atoms with Gasteiger partial charge in [0.05, 0.1) is 21.3 Å². The van der Waals surface area contributed by atoms with E-state index >= 15 is 0 Å². The first-order chi connectivity index (χ1) is 8.99. The smallest absolute Gasteiger partial charge is 0.260 e. The first-order valence-corrected chi connectivity index (χ1v) is 6.05. The highest BCUT2D eigenvalue weighted by Gasteiger charge is 2.16. The van der Waals surface area contributed by atoms with Crippen LogP contribution >= 0.6 is 23.2 Å². The quantitative estimate of drug-likeness (QED) is 0.824. The molecule has 2 aromatic rings. The van der Waals surface area contributed by atoms with Gasteiger partial charge in [0, 0.05) is 5.69 Å². The van der Waals surface area contributed by atoms with Gasteiger partial charge in [-0.2, -0.15) is 0 Å². The number of amides is 1. The Balaban J connectivity index is 2.28.